The van der Waals surface area contributed by atoms with E-state index >= 15 is 0 Å². The number of nitrogens with zero attached hydrogens (tertiary/aromatic N) is 4. The third-order valence-corrected chi connectivity index (χ3v) is 5.30. The molecule has 0 spiro atoms. The maximum absolute atomic E-state index is 13.6. The average molecular weight is 438 g/mol. The summed E-state index contributed by atoms with van der Waals surface area (Å²) in [6, 6.07) is 2.91. The van der Waals surface area contributed by atoms with E-state index in [2.05, 4.69) is 25.8 Å². The molecule has 0 atom stereocenters. The van der Waals surface area contributed by atoms with E-state index in [1.54, 1.807) is 16.1 Å². The molecule has 2 aromatic heterocycles. The SMILES string of the molecule is CCn1c(CC(=O)Nc2nccs2)nnc1SCC(=O)Nc1ccc(F)cc1F. The molecule has 0 saturated heterocycles. The summed E-state index contributed by atoms with van der Waals surface area (Å²) in [4.78, 5) is 28.2. The molecule has 0 fully saturated rings. The Bertz CT molecular complexity index is 1010. The lowest BCUT2D eigenvalue weighted by Gasteiger charge is -2.08. The Morgan fingerprint density at radius 2 is 2.03 bits per heavy atom. The molecule has 0 unspecified atom stereocenters. The van der Waals surface area contributed by atoms with Gasteiger partial charge in [0.2, 0.25) is 11.8 Å². The molecule has 29 heavy (non-hydrogen) atoms. The molecule has 0 radical (unpaired) electrons. The number of carbonyl (C=O) groups is 2. The van der Waals surface area contributed by atoms with Gasteiger partial charge in [0.05, 0.1) is 17.9 Å². The smallest absolute Gasteiger partial charge is 0.234 e. The molecule has 2 heterocycles. The molecule has 0 aliphatic rings. The van der Waals surface area contributed by atoms with Crippen LogP contribution in [0.4, 0.5) is 19.6 Å². The number of thioether (sulfide) groups is 1. The second kappa shape index (κ2) is 9.56. The molecule has 0 aliphatic carbocycles. The normalized spacial score (nSPS) is 10.7. The van der Waals surface area contributed by atoms with E-state index in [4.69, 9.17) is 0 Å². The van der Waals surface area contributed by atoms with E-state index in [1.807, 2.05) is 6.92 Å². The van der Waals surface area contributed by atoms with Gasteiger partial charge in [0.15, 0.2) is 10.3 Å². The highest BCUT2D eigenvalue weighted by atomic mass is 32.2. The van der Waals surface area contributed by atoms with E-state index < -0.39 is 17.5 Å². The van der Waals surface area contributed by atoms with Crippen LogP contribution in [0.3, 0.4) is 0 Å². The second-order valence-electron chi connectivity index (χ2n) is 5.67. The van der Waals surface area contributed by atoms with Crippen molar-refractivity contribution in [2.45, 2.75) is 25.0 Å². The fraction of sp³-hybridized carbons (Fsp3) is 0.235. The van der Waals surface area contributed by atoms with Crippen molar-refractivity contribution in [2.75, 3.05) is 16.4 Å². The summed E-state index contributed by atoms with van der Waals surface area (Å²) in [5.74, 6) is -1.93. The number of hydrogen-bond donors (Lipinski definition) is 2. The van der Waals surface area contributed by atoms with Gasteiger partial charge in [-0.1, -0.05) is 11.8 Å². The van der Waals surface area contributed by atoms with Crippen LogP contribution >= 0.6 is 23.1 Å². The minimum absolute atomic E-state index is 0.00790. The summed E-state index contributed by atoms with van der Waals surface area (Å²) in [5.41, 5.74) is -0.103. The predicted octanol–water partition coefficient (Wildman–Crippen LogP) is 2.94. The number of thiazole rings is 1. The lowest BCUT2D eigenvalue weighted by atomic mass is 10.3. The molecule has 12 heteroatoms. The number of anilines is 2. The Morgan fingerprint density at radius 3 is 2.72 bits per heavy atom. The summed E-state index contributed by atoms with van der Waals surface area (Å²) < 4.78 is 28.3. The van der Waals surface area contributed by atoms with E-state index in [0.717, 1.165) is 23.9 Å². The van der Waals surface area contributed by atoms with Gasteiger partial charge in [-0.05, 0) is 19.1 Å². The van der Waals surface area contributed by atoms with Crippen molar-refractivity contribution in [1.29, 1.82) is 0 Å². The number of nitrogens with one attached hydrogen (secondary N) is 2. The van der Waals surface area contributed by atoms with Gasteiger partial charge in [-0.2, -0.15) is 0 Å². The van der Waals surface area contributed by atoms with Crippen LogP contribution in [0.1, 0.15) is 12.7 Å². The molecular weight excluding hydrogens is 422 g/mol. The highest BCUT2D eigenvalue weighted by Crippen LogP contribution is 2.20. The molecule has 0 saturated carbocycles. The van der Waals surface area contributed by atoms with Crippen LogP contribution in [0.2, 0.25) is 0 Å². The highest BCUT2D eigenvalue weighted by molar-refractivity contribution is 7.99. The van der Waals surface area contributed by atoms with Gasteiger partial charge < -0.3 is 15.2 Å². The van der Waals surface area contributed by atoms with Crippen LogP contribution in [-0.4, -0.2) is 37.3 Å². The Kier molecular flexibility index (Phi) is 6.88. The third-order valence-electron chi connectivity index (χ3n) is 3.64. The maximum Gasteiger partial charge on any atom is 0.234 e. The highest BCUT2D eigenvalue weighted by Gasteiger charge is 2.17. The summed E-state index contributed by atoms with van der Waals surface area (Å²) in [6.07, 6.45) is 1.60. The lowest BCUT2D eigenvalue weighted by Crippen LogP contribution is -2.18. The Morgan fingerprint density at radius 1 is 1.21 bits per heavy atom. The predicted molar refractivity (Wildman–Crippen MR) is 106 cm³/mol. The van der Waals surface area contributed by atoms with Gasteiger partial charge in [0.25, 0.3) is 0 Å². The summed E-state index contributed by atoms with van der Waals surface area (Å²) in [7, 11) is 0. The molecule has 152 valence electrons. The first-order chi connectivity index (χ1) is 14.0. The van der Waals surface area contributed by atoms with E-state index in [1.165, 1.54) is 11.3 Å². The fourth-order valence-electron chi connectivity index (χ4n) is 2.37. The van der Waals surface area contributed by atoms with Gasteiger partial charge in [-0.25, -0.2) is 13.8 Å². The Balaban J connectivity index is 1.58. The Hall–Kier alpha value is -2.86. The minimum Gasteiger partial charge on any atom is -0.323 e. The van der Waals surface area contributed by atoms with Crippen molar-refractivity contribution in [3.05, 3.63) is 47.2 Å². The van der Waals surface area contributed by atoms with E-state index in [-0.39, 0.29) is 23.8 Å². The molecule has 2 amide bonds. The van der Waals surface area contributed by atoms with Crippen LogP contribution < -0.4 is 10.6 Å². The van der Waals surface area contributed by atoms with Gasteiger partial charge in [0, 0.05) is 24.2 Å². The molecule has 3 rings (SSSR count). The first kappa shape index (κ1) is 20.9. The third kappa shape index (κ3) is 5.57. The molecule has 3 aromatic rings. The fourth-order valence-corrected chi connectivity index (χ4v) is 3.74. The van der Waals surface area contributed by atoms with E-state index in [9.17, 15) is 18.4 Å². The quantitative estimate of drug-likeness (QED) is 0.525. The largest absolute Gasteiger partial charge is 0.323 e. The topological polar surface area (TPSA) is 102 Å². The van der Waals surface area contributed by atoms with Crippen molar-refractivity contribution < 1.29 is 18.4 Å². The summed E-state index contributed by atoms with van der Waals surface area (Å²) in [5, 5.41) is 15.8. The summed E-state index contributed by atoms with van der Waals surface area (Å²) in [6.45, 7) is 2.37. The van der Waals surface area contributed by atoms with Crippen molar-refractivity contribution in [1.82, 2.24) is 19.7 Å². The summed E-state index contributed by atoms with van der Waals surface area (Å²) >= 11 is 2.41. The van der Waals surface area contributed by atoms with Gasteiger partial charge in [-0.15, -0.1) is 21.5 Å². The Labute approximate surface area is 172 Å². The molecule has 0 bridgehead atoms. The molecular formula is C17H16F2N6O2S2. The second-order valence-corrected chi connectivity index (χ2v) is 7.50. The zero-order chi connectivity index (χ0) is 20.8. The number of benzene rings is 1. The van der Waals surface area contributed by atoms with Crippen LogP contribution in [0, 0.1) is 11.6 Å². The zero-order valence-corrected chi connectivity index (χ0v) is 16.8. The average Bonchev–Trinajstić information content (AvgIpc) is 3.32. The van der Waals surface area contributed by atoms with Crippen molar-refractivity contribution in [3.8, 4) is 0 Å². The molecule has 0 aliphatic heterocycles. The van der Waals surface area contributed by atoms with Crippen molar-refractivity contribution in [3.63, 3.8) is 0 Å². The number of halogens is 2. The number of amides is 2. The first-order valence-electron chi connectivity index (χ1n) is 8.45. The number of carbonyl (C=O) groups excluding carboxylic acids is 2. The molecule has 2 N–H and O–H groups in total. The van der Waals surface area contributed by atoms with Crippen LogP contribution in [0.15, 0.2) is 34.9 Å². The van der Waals surface area contributed by atoms with Gasteiger partial charge in [0.1, 0.15) is 17.5 Å². The van der Waals surface area contributed by atoms with Crippen LogP contribution in [0.5, 0.6) is 0 Å². The molecule has 8 nitrogen and oxygen atoms in total. The maximum atomic E-state index is 13.6. The van der Waals surface area contributed by atoms with Crippen LogP contribution in [0.25, 0.3) is 0 Å². The van der Waals surface area contributed by atoms with Gasteiger partial charge >= 0.3 is 0 Å². The molecule has 1 aromatic carbocycles. The lowest BCUT2D eigenvalue weighted by molar-refractivity contribution is -0.116. The first-order valence-corrected chi connectivity index (χ1v) is 10.3. The van der Waals surface area contributed by atoms with Crippen molar-refractivity contribution in [2.24, 2.45) is 0 Å². The van der Waals surface area contributed by atoms with Crippen molar-refractivity contribution >= 4 is 45.7 Å². The van der Waals surface area contributed by atoms with Gasteiger partial charge in [-0.3, -0.25) is 9.59 Å². The van der Waals surface area contributed by atoms with E-state index in [0.29, 0.717) is 28.7 Å². The minimum atomic E-state index is -0.853. The monoisotopic (exact) mass is 438 g/mol. The van der Waals surface area contributed by atoms with Crippen LogP contribution in [-0.2, 0) is 22.6 Å². The standard InChI is InChI=1S/C17H16F2N6O2S2/c1-2-25-13(8-14(26)22-16-20-5-6-28-16)23-24-17(25)29-9-15(27)21-12-4-3-10(18)7-11(12)19/h3-7H,2,8-9H2,1H3,(H,21,27)(H,20,22,26). The zero-order valence-electron chi connectivity index (χ0n) is 15.2. The number of rotatable bonds is 8. The number of aromatic nitrogens is 4. The number of hydrogen-bond acceptors (Lipinski definition) is 7.